The van der Waals surface area contributed by atoms with Crippen LogP contribution in [0.3, 0.4) is 0 Å². The summed E-state index contributed by atoms with van der Waals surface area (Å²) in [4.78, 5) is 16.2. The fourth-order valence-corrected chi connectivity index (χ4v) is 3.65. The van der Waals surface area contributed by atoms with E-state index >= 15 is 0 Å². The molecule has 27 heavy (non-hydrogen) atoms. The summed E-state index contributed by atoms with van der Waals surface area (Å²) in [5.74, 6) is 0.0927. The Hall–Kier alpha value is -2.23. The number of anilines is 1. The maximum absolute atomic E-state index is 12.2. The molecule has 0 radical (unpaired) electrons. The molecule has 3 N–H and O–H groups in total. The number of esters is 1. The molecule has 4 rings (SSSR count). The molecule has 0 amide bonds. The average Bonchev–Trinajstić information content (AvgIpc) is 3.15. The van der Waals surface area contributed by atoms with Crippen LogP contribution in [0, 0.1) is 5.41 Å². The Morgan fingerprint density at radius 1 is 1.44 bits per heavy atom. The van der Waals surface area contributed by atoms with Crippen molar-refractivity contribution in [3.05, 3.63) is 24.2 Å². The Bertz CT molecular complexity index is 880. The third kappa shape index (κ3) is 2.86. The molecular formula is C18H24N4O5. The number of rotatable bonds is 5. The number of aliphatic hydroxyl groups is 1. The van der Waals surface area contributed by atoms with Gasteiger partial charge < -0.3 is 25.1 Å². The predicted octanol–water partition coefficient (Wildman–Crippen LogP) is 0.861. The first kappa shape index (κ1) is 18.1. The minimum absolute atomic E-state index is 0.00603. The molecular weight excluding hydrogens is 352 g/mol. The SMILES string of the molecule is CO[C@H]1[C@@H](O)[C@H](c2ccc3c(N)ncnn23)O[C@]1(C)COC(=O)C1(C)CC1. The lowest BCUT2D eigenvalue weighted by molar-refractivity contribution is -0.166. The third-order valence-electron chi connectivity index (χ3n) is 5.66. The smallest absolute Gasteiger partial charge is 0.311 e. The quantitative estimate of drug-likeness (QED) is 0.737. The van der Waals surface area contributed by atoms with Crippen molar-refractivity contribution in [2.24, 2.45) is 5.41 Å². The van der Waals surface area contributed by atoms with Gasteiger partial charge in [-0.1, -0.05) is 0 Å². The highest BCUT2D eigenvalue weighted by Crippen LogP contribution is 2.47. The van der Waals surface area contributed by atoms with Gasteiger partial charge >= 0.3 is 5.97 Å². The number of aliphatic hydroxyl groups excluding tert-OH is 1. The summed E-state index contributed by atoms with van der Waals surface area (Å²) in [5, 5.41) is 15.0. The number of nitrogens with zero attached hydrogens (tertiary/aromatic N) is 3. The van der Waals surface area contributed by atoms with Crippen molar-refractivity contribution in [2.45, 2.75) is 50.6 Å². The fourth-order valence-electron chi connectivity index (χ4n) is 3.65. The number of carbonyl (C=O) groups excluding carboxylic acids is 1. The molecule has 4 atom stereocenters. The van der Waals surface area contributed by atoms with Crippen molar-refractivity contribution in [1.29, 1.82) is 0 Å². The maximum atomic E-state index is 12.2. The topological polar surface area (TPSA) is 121 Å². The fraction of sp³-hybridized carbons (Fsp3) is 0.611. The van der Waals surface area contributed by atoms with Crippen LogP contribution in [0.1, 0.15) is 38.5 Å². The van der Waals surface area contributed by atoms with E-state index < -0.39 is 23.9 Å². The van der Waals surface area contributed by atoms with Gasteiger partial charge in [0, 0.05) is 7.11 Å². The van der Waals surface area contributed by atoms with E-state index in [0.29, 0.717) is 17.0 Å². The molecule has 2 aromatic rings. The molecule has 0 spiro atoms. The number of nitrogen functional groups attached to an aromatic ring is 1. The van der Waals surface area contributed by atoms with Gasteiger partial charge in [-0.05, 0) is 38.8 Å². The number of ether oxygens (including phenoxy) is 3. The lowest BCUT2D eigenvalue weighted by Crippen LogP contribution is -2.46. The zero-order valence-corrected chi connectivity index (χ0v) is 15.6. The lowest BCUT2D eigenvalue weighted by Gasteiger charge is -2.29. The molecule has 3 heterocycles. The number of nitrogens with two attached hydrogens (primary N) is 1. The van der Waals surface area contributed by atoms with Gasteiger partial charge in [-0.2, -0.15) is 5.10 Å². The van der Waals surface area contributed by atoms with Crippen molar-refractivity contribution in [1.82, 2.24) is 14.6 Å². The van der Waals surface area contributed by atoms with Gasteiger partial charge in [0.2, 0.25) is 0 Å². The molecule has 2 aliphatic rings. The maximum Gasteiger partial charge on any atom is 0.311 e. The van der Waals surface area contributed by atoms with Crippen LogP contribution in [0.25, 0.3) is 5.52 Å². The van der Waals surface area contributed by atoms with Crippen molar-refractivity contribution in [3.63, 3.8) is 0 Å². The minimum Gasteiger partial charge on any atom is -0.462 e. The lowest BCUT2D eigenvalue weighted by atomic mass is 9.96. The summed E-state index contributed by atoms with van der Waals surface area (Å²) in [7, 11) is 1.50. The molecule has 0 aromatic carbocycles. The number of carbonyl (C=O) groups is 1. The molecule has 9 nitrogen and oxygen atoms in total. The largest absolute Gasteiger partial charge is 0.462 e. The van der Waals surface area contributed by atoms with E-state index in [1.54, 1.807) is 23.6 Å². The number of methoxy groups -OCH3 is 1. The van der Waals surface area contributed by atoms with Crippen LogP contribution >= 0.6 is 0 Å². The van der Waals surface area contributed by atoms with Gasteiger partial charge in [-0.3, -0.25) is 4.79 Å². The van der Waals surface area contributed by atoms with E-state index in [1.807, 2.05) is 6.92 Å². The van der Waals surface area contributed by atoms with Gasteiger partial charge in [-0.25, -0.2) is 9.50 Å². The summed E-state index contributed by atoms with van der Waals surface area (Å²) >= 11 is 0. The molecule has 1 saturated carbocycles. The van der Waals surface area contributed by atoms with Gasteiger partial charge in [0.25, 0.3) is 0 Å². The van der Waals surface area contributed by atoms with Crippen molar-refractivity contribution in [2.75, 3.05) is 19.5 Å². The number of hydrogen-bond acceptors (Lipinski definition) is 8. The first-order chi connectivity index (χ1) is 12.8. The molecule has 1 saturated heterocycles. The molecule has 0 bridgehead atoms. The van der Waals surface area contributed by atoms with Crippen molar-refractivity contribution < 1.29 is 24.1 Å². The summed E-state index contributed by atoms with van der Waals surface area (Å²) in [5.41, 5.74) is 5.74. The summed E-state index contributed by atoms with van der Waals surface area (Å²) in [6.45, 7) is 3.65. The second-order valence-electron chi connectivity index (χ2n) is 7.84. The van der Waals surface area contributed by atoms with Crippen molar-refractivity contribution in [3.8, 4) is 0 Å². The molecule has 1 aliphatic carbocycles. The van der Waals surface area contributed by atoms with Gasteiger partial charge in [0.15, 0.2) is 5.82 Å². The van der Waals surface area contributed by atoms with Crippen LogP contribution in [0.2, 0.25) is 0 Å². The molecule has 2 fully saturated rings. The Morgan fingerprint density at radius 2 is 2.19 bits per heavy atom. The minimum atomic E-state index is -0.998. The number of aromatic nitrogens is 3. The van der Waals surface area contributed by atoms with Crippen LogP contribution in [-0.2, 0) is 19.0 Å². The van der Waals surface area contributed by atoms with E-state index in [1.165, 1.54) is 13.4 Å². The number of fused-ring (bicyclic) bond motifs is 1. The van der Waals surface area contributed by atoms with Gasteiger partial charge in [0.05, 0.1) is 11.1 Å². The molecule has 146 valence electrons. The third-order valence-corrected chi connectivity index (χ3v) is 5.66. The van der Waals surface area contributed by atoms with E-state index in [9.17, 15) is 9.90 Å². The van der Waals surface area contributed by atoms with Crippen LogP contribution in [0.15, 0.2) is 18.5 Å². The normalized spacial score (nSPS) is 31.9. The average molecular weight is 376 g/mol. The highest BCUT2D eigenvalue weighted by molar-refractivity contribution is 5.79. The Balaban J connectivity index is 1.59. The van der Waals surface area contributed by atoms with Crippen molar-refractivity contribution >= 4 is 17.3 Å². The highest BCUT2D eigenvalue weighted by Gasteiger charge is 2.55. The van der Waals surface area contributed by atoms with Gasteiger partial charge in [-0.15, -0.1) is 0 Å². The summed E-state index contributed by atoms with van der Waals surface area (Å²) in [6, 6.07) is 3.55. The zero-order chi connectivity index (χ0) is 19.4. The van der Waals surface area contributed by atoms with Crippen LogP contribution in [-0.4, -0.2) is 57.2 Å². The van der Waals surface area contributed by atoms with Crippen LogP contribution in [0.5, 0.6) is 0 Å². The summed E-state index contributed by atoms with van der Waals surface area (Å²) in [6.07, 6.45) is 0.654. The summed E-state index contributed by atoms with van der Waals surface area (Å²) < 4.78 is 18.8. The van der Waals surface area contributed by atoms with Crippen LogP contribution < -0.4 is 5.73 Å². The first-order valence-electron chi connectivity index (χ1n) is 8.93. The van der Waals surface area contributed by atoms with E-state index in [-0.39, 0.29) is 18.0 Å². The standard InChI is InChI=1S/C18H24N4O5/c1-17(6-7-17)16(24)26-8-18(2)14(25-3)12(23)13(27-18)10-4-5-11-15(19)20-9-21-22(10)11/h4-5,9,12-14,23H,6-8H2,1-3H3,(H2,19,20,21)/t12-,13-,14-,18+/m0/s1. The Kier molecular flexibility index (Phi) is 4.13. The Labute approximate surface area is 156 Å². The van der Waals surface area contributed by atoms with E-state index in [0.717, 1.165) is 12.8 Å². The second kappa shape index (κ2) is 6.15. The predicted molar refractivity (Wildman–Crippen MR) is 94.7 cm³/mol. The first-order valence-corrected chi connectivity index (χ1v) is 8.93. The molecule has 2 aromatic heterocycles. The van der Waals surface area contributed by atoms with E-state index in [2.05, 4.69) is 10.1 Å². The molecule has 9 heteroatoms. The molecule has 0 unspecified atom stereocenters. The van der Waals surface area contributed by atoms with E-state index in [4.69, 9.17) is 19.9 Å². The highest BCUT2D eigenvalue weighted by atomic mass is 16.6. The Morgan fingerprint density at radius 3 is 2.85 bits per heavy atom. The number of hydrogen-bond donors (Lipinski definition) is 2. The second-order valence-corrected chi connectivity index (χ2v) is 7.84. The van der Waals surface area contributed by atoms with Crippen LogP contribution in [0.4, 0.5) is 5.82 Å². The van der Waals surface area contributed by atoms with Gasteiger partial charge in [0.1, 0.15) is 42.4 Å². The zero-order valence-electron chi connectivity index (χ0n) is 15.6. The monoisotopic (exact) mass is 376 g/mol. The molecule has 1 aliphatic heterocycles.